The molecule has 0 bridgehead atoms. The molecule has 2 fully saturated rings. The van der Waals surface area contributed by atoms with E-state index in [4.69, 9.17) is 10.1 Å². The first-order valence-electron chi connectivity index (χ1n) is 9.67. The van der Waals surface area contributed by atoms with Gasteiger partial charge in [-0.3, -0.25) is 4.98 Å². The second kappa shape index (κ2) is 6.34. The summed E-state index contributed by atoms with van der Waals surface area (Å²) in [5, 5.41) is 4.99. The van der Waals surface area contributed by atoms with Crippen molar-refractivity contribution in [2.45, 2.75) is 62.9 Å². The van der Waals surface area contributed by atoms with E-state index in [1.807, 2.05) is 43.2 Å². The van der Waals surface area contributed by atoms with Crippen LogP contribution in [0.4, 0.5) is 0 Å². The zero-order valence-corrected chi connectivity index (χ0v) is 15.0. The van der Waals surface area contributed by atoms with Crippen LogP contribution >= 0.6 is 0 Å². The zero-order chi connectivity index (χ0) is 17.4. The lowest BCUT2D eigenvalue weighted by Gasteiger charge is -2.25. The van der Waals surface area contributed by atoms with Gasteiger partial charge in [0.1, 0.15) is 5.82 Å². The molecular weight excluding hydrogens is 324 g/mol. The maximum Gasteiger partial charge on any atom is 0.181 e. The summed E-state index contributed by atoms with van der Waals surface area (Å²) in [5.74, 6) is 2.01. The van der Waals surface area contributed by atoms with Crippen molar-refractivity contribution in [3.8, 4) is 11.4 Å². The molecule has 3 heterocycles. The van der Waals surface area contributed by atoms with Gasteiger partial charge in [0.05, 0.1) is 12.4 Å². The summed E-state index contributed by atoms with van der Waals surface area (Å²) in [5.41, 5.74) is 1.16. The number of hydrogen-bond acceptors (Lipinski definition) is 4. The third-order valence-corrected chi connectivity index (χ3v) is 5.86. The van der Waals surface area contributed by atoms with Gasteiger partial charge >= 0.3 is 0 Å². The van der Waals surface area contributed by atoms with Gasteiger partial charge in [-0.05, 0) is 37.8 Å². The molecule has 2 aliphatic rings. The van der Waals surface area contributed by atoms with E-state index in [9.17, 15) is 0 Å². The van der Waals surface area contributed by atoms with Crippen LogP contribution in [0.1, 0.15) is 56.8 Å². The quantitative estimate of drug-likeness (QED) is 0.704. The van der Waals surface area contributed by atoms with Crippen molar-refractivity contribution in [1.29, 1.82) is 0 Å². The Morgan fingerprint density at radius 2 is 1.81 bits per heavy atom. The molecule has 0 aliphatic heterocycles. The average Bonchev–Trinajstić information content (AvgIpc) is 3.10. The molecule has 3 aromatic heterocycles. The minimum Gasteiger partial charge on any atom is -0.336 e. The van der Waals surface area contributed by atoms with Crippen LogP contribution in [0.5, 0.6) is 0 Å². The average molecular weight is 348 g/mol. The van der Waals surface area contributed by atoms with Crippen LogP contribution in [0.15, 0.2) is 43.2 Å². The van der Waals surface area contributed by atoms with Crippen LogP contribution in [0.2, 0.25) is 0 Å². The summed E-state index contributed by atoms with van der Waals surface area (Å²) in [6, 6.07) is 4.49. The molecule has 0 unspecified atom stereocenters. The fraction of sp³-hybridized carbons (Fsp3) is 0.500. The predicted molar refractivity (Wildman–Crippen MR) is 98.5 cm³/mol. The summed E-state index contributed by atoms with van der Waals surface area (Å²) in [4.78, 5) is 13.4. The van der Waals surface area contributed by atoms with Crippen molar-refractivity contribution in [1.82, 2.24) is 29.3 Å². The molecule has 6 heteroatoms. The molecule has 2 saturated carbocycles. The first kappa shape index (κ1) is 15.7. The van der Waals surface area contributed by atoms with Gasteiger partial charge in [-0.1, -0.05) is 19.3 Å². The highest BCUT2D eigenvalue weighted by Crippen LogP contribution is 2.50. The lowest BCUT2D eigenvalue weighted by Crippen LogP contribution is -2.25. The molecule has 134 valence electrons. The highest BCUT2D eigenvalue weighted by atomic mass is 15.4. The fourth-order valence-corrected chi connectivity index (χ4v) is 4.22. The standard InChI is InChI=1S/C20H24N6/c1-2-4-17(5-3-1)26-19(20(8-9-20)14-25-13-12-22-15-25)23-18(24-26)16-6-10-21-11-7-16/h6-7,10-13,15,17H,1-5,8-9,14H2. The van der Waals surface area contributed by atoms with Crippen LogP contribution < -0.4 is 0 Å². The van der Waals surface area contributed by atoms with Crippen LogP contribution in [-0.4, -0.2) is 29.3 Å². The van der Waals surface area contributed by atoms with Crippen molar-refractivity contribution in [2.24, 2.45) is 0 Å². The number of nitrogens with zero attached hydrogens (tertiary/aromatic N) is 6. The highest BCUT2D eigenvalue weighted by molar-refractivity contribution is 5.53. The third kappa shape index (κ3) is 2.83. The lowest BCUT2D eigenvalue weighted by atomic mass is 9.95. The number of hydrogen-bond donors (Lipinski definition) is 0. The minimum atomic E-state index is 0.108. The Hall–Kier alpha value is -2.50. The molecule has 0 amide bonds. The van der Waals surface area contributed by atoms with Crippen molar-refractivity contribution >= 4 is 0 Å². The van der Waals surface area contributed by atoms with E-state index in [1.165, 1.54) is 50.8 Å². The van der Waals surface area contributed by atoms with E-state index >= 15 is 0 Å². The second-order valence-corrected chi connectivity index (χ2v) is 7.75. The van der Waals surface area contributed by atoms with Crippen LogP contribution in [-0.2, 0) is 12.0 Å². The van der Waals surface area contributed by atoms with Gasteiger partial charge in [0.2, 0.25) is 0 Å². The van der Waals surface area contributed by atoms with Crippen LogP contribution in [0.3, 0.4) is 0 Å². The largest absolute Gasteiger partial charge is 0.336 e. The SMILES string of the molecule is c1cc(-c2nc(C3(Cn4ccnc4)CC3)n(C3CCCCC3)n2)ccn1. The molecule has 0 saturated heterocycles. The van der Waals surface area contributed by atoms with Crippen molar-refractivity contribution < 1.29 is 0 Å². The summed E-state index contributed by atoms with van der Waals surface area (Å²) in [6.07, 6.45) is 18.1. The smallest absolute Gasteiger partial charge is 0.181 e. The van der Waals surface area contributed by atoms with Gasteiger partial charge in [-0.15, -0.1) is 0 Å². The maximum absolute atomic E-state index is 5.06. The van der Waals surface area contributed by atoms with Gasteiger partial charge < -0.3 is 4.57 Å². The Kier molecular flexibility index (Phi) is 3.84. The van der Waals surface area contributed by atoms with E-state index in [0.717, 1.165) is 17.9 Å². The van der Waals surface area contributed by atoms with Gasteiger partial charge in [0.15, 0.2) is 5.82 Å². The second-order valence-electron chi connectivity index (χ2n) is 7.75. The van der Waals surface area contributed by atoms with Gasteiger partial charge in [-0.25, -0.2) is 14.6 Å². The Labute approximate surface area is 153 Å². The van der Waals surface area contributed by atoms with E-state index < -0.39 is 0 Å². The minimum absolute atomic E-state index is 0.108. The van der Waals surface area contributed by atoms with Crippen LogP contribution in [0.25, 0.3) is 11.4 Å². The Morgan fingerprint density at radius 3 is 2.50 bits per heavy atom. The summed E-state index contributed by atoms with van der Waals surface area (Å²) < 4.78 is 4.46. The number of imidazole rings is 1. The van der Waals surface area contributed by atoms with Gasteiger partial charge in [0.25, 0.3) is 0 Å². The first-order valence-corrected chi connectivity index (χ1v) is 9.67. The third-order valence-electron chi connectivity index (χ3n) is 5.86. The van der Waals surface area contributed by atoms with E-state index in [2.05, 4.69) is 19.2 Å². The first-order chi connectivity index (χ1) is 12.8. The Morgan fingerprint density at radius 1 is 1.00 bits per heavy atom. The molecule has 2 aliphatic carbocycles. The Bertz CT molecular complexity index is 857. The molecule has 6 nitrogen and oxygen atoms in total. The summed E-state index contributed by atoms with van der Waals surface area (Å²) in [6.45, 7) is 0.939. The van der Waals surface area contributed by atoms with E-state index in [0.29, 0.717) is 6.04 Å². The summed E-state index contributed by atoms with van der Waals surface area (Å²) in [7, 11) is 0. The number of pyridine rings is 1. The monoisotopic (exact) mass is 348 g/mol. The lowest BCUT2D eigenvalue weighted by molar-refractivity contribution is 0.309. The van der Waals surface area contributed by atoms with E-state index in [1.54, 1.807) is 0 Å². The molecule has 0 radical (unpaired) electrons. The topological polar surface area (TPSA) is 61.4 Å². The van der Waals surface area contributed by atoms with Crippen molar-refractivity contribution in [2.75, 3.05) is 0 Å². The van der Waals surface area contributed by atoms with Gasteiger partial charge in [-0.2, -0.15) is 5.10 Å². The molecule has 0 spiro atoms. The van der Waals surface area contributed by atoms with Gasteiger partial charge in [0, 0.05) is 42.3 Å². The molecule has 0 aromatic carbocycles. The fourth-order valence-electron chi connectivity index (χ4n) is 4.22. The normalized spacial score (nSPS) is 19.5. The van der Waals surface area contributed by atoms with Crippen molar-refractivity contribution in [3.63, 3.8) is 0 Å². The molecule has 0 N–H and O–H groups in total. The number of aromatic nitrogens is 6. The molecule has 0 atom stereocenters. The highest BCUT2D eigenvalue weighted by Gasteiger charge is 2.49. The van der Waals surface area contributed by atoms with Crippen LogP contribution in [0, 0.1) is 0 Å². The predicted octanol–water partition coefficient (Wildman–Crippen LogP) is 3.77. The number of rotatable bonds is 5. The Balaban J connectivity index is 1.55. The molecule has 5 rings (SSSR count). The molecular formula is C20H24N6. The molecule has 3 aromatic rings. The summed E-state index contributed by atoms with van der Waals surface area (Å²) >= 11 is 0. The van der Waals surface area contributed by atoms with E-state index in [-0.39, 0.29) is 5.41 Å². The maximum atomic E-state index is 5.06. The van der Waals surface area contributed by atoms with Crippen molar-refractivity contribution in [3.05, 3.63) is 49.1 Å². The molecule has 26 heavy (non-hydrogen) atoms. The zero-order valence-electron chi connectivity index (χ0n) is 15.0.